The van der Waals surface area contributed by atoms with Gasteiger partial charge in [0.05, 0.1) is 11.7 Å². The smallest absolute Gasteiger partial charge is 0.243 e. The highest BCUT2D eigenvalue weighted by atomic mass is 16.5. The van der Waals surface area contributed by atoms with Crippen LogP contribution in [-0.4, -0.2) is 47.0 Å². The van der Waals surface area contributed by atoms with Gasteiger partial charge in [-0.3, -0.25) is 19.8 Å². The van der Waals surface area contributed by atoms with Gasteiger partial charge in [-0.1, -0.05) is 24.4 Å². The third kappa shape index (κ3) is 4.84. The van der Waals surface area contributed by atoms with E-state index in [-0.39, 0.29) is 29.8 Å². The van der Waals surface area contributed by atoms with Crippen molar-refractivity contribution in [1.82, 2.24) is 15.4 Å². The second kappa shape index (κ2) is 8.66. The van der Waals surface area contributed by atoms with E-state index >= 15 is 0 Å². The zero-order valence-electron chi connectivity index (χ0n) is 15.8. The molecule has 7 heteroatoms. The standard InChI is InChI=1S/C19H30N4O3/c1-13-12-17(26-22-13)21-18(24)14(2)23-10-8-16(9-11-23)20-19(25)15-6-4-3-5-7-15/h12,14-16H,3-11H2,1-2H3,(H,20,25)(H,21,24). The van der Waals surface area contributed by atoms with Gasteiger partial charge in [-0.25, -0.2) is 0 Å². The molecule has 0 radical (unpaired) electrons. The lowest BCUT2D eigenvalue weighted by Crippen LogP contribution is -2.51. The number of carbonyl (C=O) groups excluding carboxylic acids is 2. The van der Waals surface area contributed by atoms with Crippen LogP contribution in [-0.2, 0) is 9.59 Å². The molecule has 0 spiro atoms. The fraction of sp³-hybridized carbons (Fsp3) is 0.737. The number of nitrogens with zero attached hydrogens (tertiary/aromatic N) is 2. The Morgan fingerprint density at radius 2 is 1.88 bits per heavy atom. The third-order valence-electron chi connectivity index (χ3n) is 5.65. The summed E-state index contributed by atoms with van der Waals surface area (Å²) in [4.78, 5) is 26.9. The molecule has 1 aliphatic heterocycles. The molecule has 2 heterocycles. The van der Waals surface area contributed by atoms with Crippen molar-refractivity contribution in [2.24, 2.45) is 5.92 Å². The van der Waals surface area contributed by atoms with E-state index in [0.717, 1.165) is 44.5 Å². The minimum absolute atomic E-state index is 0.0918. The van der Waals surface area contributed by atoms with Gasteiger partial charge in [-0.2, -0.15) is 0 Å². The number of aryl methyl sites for hydroxylation is 1. The van der Waals surface area contributed by atoms with Crippen molar-refractivity contribution in [2.45, 2.75) is 70.9 Å². The van der Waals surface area contributed by atoms with E-state index in [1.807, 2.05) is 13.8 Å². The highest BCUT2D eigenvalue weighted by molar-refractivity contribution is 5.93. The molecule has 7 nitrogen and oxygen atoms in total. The van der Waals surface area contributed by atoms with Gasteiger partial charge in [-0.05, 0) is 39.5 Å². The van der Waals surface area contributed by atoms with Crippen molar-refractivity contribution in [3.8, 4) is 0 Å². The van der Waals surface area contributed by atoms with Gasteiger partial charge in [0.2, 0.25) is 17.7 Å². The molecule has 2 amide bonds. The molecule has 1 unspecified atom stereocenters. The van der Waals surface area contributed by atoms with Gasteiger partial charge in [0.15, 0.2) is 0 Å². The summed E-state index contributed by atoms with van der Waals surface area (Å²) in [5.41, 5.74) is 0.738. The van der Waals surface area contributed by atoms with Crippen LogP contribution in [0.25, 0.3) is 0 Å². The van der Waals surface area contributed by atoms with Crippen LogP contribution in [0.3, 0.4) is 0 Å². The predicted molar refractivity (Wildman–Crippen MR) is 98.6 cm³/mol. The number of aromatic nitrogens is 1. The number of piperidine rings is 1. The van der Waals surface area contributed by atoms with Crippen LogP contribution in [0.1, 0.15) is 57.6 Å². The van der Waals surface area contributed by atoms with E-state index in [1.54, 1.807) is 6.07 Å². The number of amides is 2. The Morgan fingerprint density at radius 3 is 2.50 bits per heavy atom. The lowest BCUT2D eigenvalue weighted by molar-refractivity contribution is -0.127. The average molecular weight is 362 g/mol. The largest absolute Gasteiger partial charge is 0.353 e. The summed E-state index contributed by atoms with van der Waals surface area (Å²) >= 11 is 0. The van der Waals surface area contributed by atoms with Crippen LogP contribution in [0.2, 0.25) is 0 Å². The molecule has 144 valence electrons. The number of rotatable bonds is 5. The Labute approximate surface area is 154 Å². The monoisotopic (exact) mass is 362 g/mol. The highest BCUT2D eigenvalue weighted by Gasteiger charge is 2.29. The Morgan fingerprint density at radius 1 is 1.19 bits per heavy atom. The van der Waals surface area contributed by atoms with Crippen molar-refractivity contribution in [1.29, 1.82) is 0 Å². The molecule has 1 saturated heterocycles. The van der Waals surface area contributed by atoms with Crippen LogP contribution >= 0.6 is 0 Å². The molecule has 2 fully saturated rings. The minimum Gasteiger partial charge on any atom is -0.353 e. The number of likely N-dealkylation sites (tertiary alicyclic amines) is 1. The van der Waals surface area contributed by atoms with Crippen molar-refractivity contribution in [3.05, 3.63) is 11.8 Å². The molecule has 26 heavy (non-hydrogen) atoms. The maximum absolute atomic E-state index is 12.4. The van der Waals surface area contributed by atoms with Crippen LogP contribution in [0.4, 0.5) is 5.88 Å². The zero-order valence-corrected chi connectivity index (χ0v) is 15.8. The Kier molecular flexibility index (Phi) is 6.29. The highest BCUT2D eigenvalue weighted by Crippen LogP contribution is 2.24. The van der Waals surface area contributed by atoms with Crippen molar-refractivity contribution in [3.63, 3.8) is 0 Å². The Hall–Kier alpha value is -1.89. The van der Waals surface area contributed by atoms with Crippen molar-refractivity contribution >= 4 is 17.7 Å². The molecule has 3 rings (SSSR count). The normalized spacial score (nSPS) is 21.3. The summed E-state index contributed by atoms with van der Waals surface area (Å²) < 4.78 is 5.04. The second-order valence-electron chi connectivity index (χ2n) is 7.65. The van der Waals surface area contributed by atoms with Gasteiger partial charge in [-0.15, -0.1) is 0 Å². The quantitative estimate of drug-likeness (QED) is 0.840. The molecule has 1 atom stereocenters. The fourth-order valence-electron chi connectivity index (χ4n) is 3.93. The summed E-state index contributed by atoms with van der Waals surface area (Å²) in [6, 6.07) is 1.70. The first-order valence-electron chi connectivity index (χ1n) is 9.81. The van der Waals surface area contributed by atoms with E-state index < -0.39 is 0 Å². The van der Waals surface area contributed by atoms with Gasteiger partial charge in [0, 0.05) is 31.1 Å². The molecule has 1 aromatic rings. The first kappa shape index (κ1) is 18.9. The Balaban J connectivity index is 1.42. The number of carbonyl (C=O) groups is 2. The Bertz CT molecular complexity index is 616. The number of hydrogen-bond donors (Lipinski definition) is 2. The first-order valence-corrected chi connectivity index (χ1v) is 9.81. The molecule has 1 aromatic heterocycles. The van der Waals surface area contributed by atoms with E-state index in [2.05, 4.69) is 20.7 Å². The SMILES string of the molecule is Cc1cc(NC(=O)C(C)N2CCC(NC(=O)C3CCCCC3)CC2)on1. The van der Waals surface area contributed by atoms with Crippen LogP contribution in [0.5, 0.6) is 0 Å². The molecule has 1 saturated carbocycles. The van der Waals surface area contributed by atoms with E-state index in [4.69, 9.17) is 4.52 Å². The summed E-state index contributed by atoms with van der Waals surface area (Å²) in [5.74, 6) is 0.728. The molecule has 1 aliphatic carbocycles. The molecule has 0 bridgehead atoms. The minimum atomic E-state index is -0.240. The third-order valence-corrected chi connectivity index (χ3v) is 5.65. The lowest BCUT2D eigenvalue weighted by atomic mass is 9.88. The first-order chi connectivity index (χ1) is 12.5. The topological polar surface area (TPSA) is 87.5 Å². The summed E-state index contributed by atoms with van der Waals surface area (Å²) in [6.45, 7) is 5.33. The fourth-order valence-corrected chi connectivity index (χ4v) is 3.93. The molecule has 2 N–H and O–H groups in total. The second-order valence-corrected chi connectivity index (χ2v) is 7.65. The number of hydrogen-bond acceptors (Lipinski definition) is 5. The maximum Gasteiger partial charge on any atom is 0.243 e. The van der Waals surface area contributed by atoms with Crippen LogP contribution < -0.4 is 10.6 Å². The summed E-state index contributed by atoms with van der Waals surface area (Å²) in [6.07, 6.45) is 7.44. The average Bonchev–Trinajstić information content (AvgIpc) is 3.07. The summed E-state index contributed by atoms with van der Waals surface area (Å²) in [7, 11) is 0. The van der Waals surface area contributed by atoms with Gasteiger partial charge in [0.25, 0.3) is 0 Å². The molecule has 2 aliphatic rings. The van der Waals surface area contributed by atoms with Crippen molar-refractivity contribution in [2.75, 3.05) is 18.4 Å². The maximum atomic E-state index is 12.4. The predicted octanol–water partition coefficient (Wildman–Crippen LogP) is 2.47. The van der Waals surface area contributed by atoms with Gasteiger partial charge < -0.3 is 9.84 Å². The van der Waals surface area contributed by atoms with Crippen LogP contribution in [0, 0.1) is 12.8 Å². The molecule has 0 aromatic carbocycles. The number of nitrogens with one attached hydrogen (secondary N) is 2. The number of anilines is 1. The van der Waals surface area contributed by atoms with Crippen LogP contribution in [0.15, 0.2) is 10.6 Å². The van der Waals surface area contributed by atoms with E-state index in [0.29, 0.717) is 5.88 Å². The van der Waals surface area contributed by atoms with Gasteiger partial charge in [0.1, 0.15) is 0 Å². The van der Waals surface area contributed by atoms with Gasteiger partial charge >= 0.3 is 0 Å². The van der Waals surface area contributed by atoms with E-state index in [9.17, 15) is 9.59 Å². The van der Waals surface area contributed by atoms with E-state index in [1.165, 1.54) is 19.3 Å². The summed E-state index contributed by atoms with van der Waals surface area (Å²) in [5, 5.41) is 9.77. The lowest BCUT2D eigenvalue weighted by Gasteiger charge is -2.36. The van der Waals surface area contributed by atoms with Crippen molar-refractivity contribution < 1.29 is 14.1 Å². The zero-order chi connectivity index (χ0) is 18.5. The molecular weight excluding hydrogens is 332 g/mol. The molecular formula is C19H30N4O3.